The van der Waals surface area contributed by atoms with Gasteiger partial charge in [-0.1, -0.05) is 18.2 Å². The Balaban J connectivity index is 1.70. The van der Waals surface area contributed by atoms with Crippen molar-refractivity contribution in [1.82, 2.24) is 19.9 Å². The zero-order valence-corrected chi connectivity index (χ0v) is 16.3. The van der Waals surface area contributed by atoms with E-state index in [4.69, 9.17) is 0 Å². The fraction of sp³-hybridized carbons (Fsp3) is 0.143. The van der Waals surface area contributed by atoms with Crippen LogP contribution in [0.4, 0.5) is 33.7 Å². The van der Waals surface area contributed by atoms with E-state index in [0.717, 1.165) is 0 Å². The van der Waals surface area contributed by atoms with E-state index in [1.165, 1.54) is 36.5 Å². The van der Waals surface area contributed by atoms with Crippen LogP contribution in [0.3, 0.4) is 0 Å². The highest BCUT2D eigenvalue weighted by atomic mass is 19.4. The van der Waals surface area contributed by atoms with E-state index in [1.54, 1.807) is 18.2 Å². The minimum absolute atomic E-state index is 0.00696. The van der Waals surface area contributed by atoms with Gasteiger partial charge in [-0.3, -0.25) is 0 Å². The van der Waals surface area contributed by atoms with E-state index in [1.807, 2.05) is 0 Å². The molecule has 0 bridgehead atoms. The van der Waals surface area contributed by atoms with E-state index in [0.29, 0.717) is 16.8 Å². The summed E-state index contributed by atoms with van der Waals surface area (Å²) >= 11 is 0. The summed E-state index contributed by atoms with van der Waals surface area (Å²) in [5, 5.41) is 5.00. The van der Waals surface area contributed by atoms with Crippen LogP contribution in [0, 0.1) is 11.6 Å². The largest absolute Gasteiger partial charge is 0.405 e. The van der Waals surface area contributed by atoms with Gasteiger partial charge in [-0.2, -0.15) is 23.1 Å². The lowest BCUT2D eigenvalue weighted by Gasteiger charge is -2.13. The van der Waals surface area contributed by atoms with Crippen LogP contribution in [-0.4, -0.2) is 32.7 Å². The maximum absolute atomic E-state index is 13.8. The van der Waals surface area contributed by atoms with Crippen molar-refractivity contribution in [3.05, 3.63) is 71.9 Å². The molecule has 2 N–H and O–H groups in total. The standard InChI is InChI=1S/C21H15F5N6/c22-14-7-5-12(6-8-14)16-10-27-18-17(30-16)19(29-11-21(24,25)26)32-20(31-18)28-9-13-3-1-2-4-15(13)23/h1-8,10H,9,11H2,(H2,27,28,29,31,32). The maximum atomic E-state index is 13.8. The summed E-state index contributed by atoms with van der Waals surface area (Å²) in [6, 6.07) is 11.4. The molecule has 2 heterocycles. The van der Waals surface area contributed by atoms with Gasteiger partial charge in [-0.25, -0.2) is 18.7 Å². The van der Waals surface area contributed by atoms with Crippen molar-refractivity contribution in [3.63, 3.8) is 0 Å². The van der Waals surface area contributed by atoms with Crippen molar-refractivity contribution in [3.8, 4) is 11.3 Å². The van der Waals surface area contributed by atoms with Crippen LogP contribution in [0.25, 0.3) is 22.4 Å². The van der Waals surface area contributed by atoms with E-state index in [2.05, 4.69) is 30.6 Å². The maximum Gasteiger partial charge on any atom is 0.405 e. The monoisotopic (exact) mass is 446 g/mol. The predicted molar refractivity (Wildman–Crippen MR) is 109 cm³/mol. The zero-order chi connectivity index (χ0) is 22.7. The molecular weight excluding hydrogens is 431 g/mol. The number of fused-ring (bicyclic) bond motifs is 1. The Kier molecular flexibility index (Phi) is 5.80. The number of halogens is 5. The number of hydrogen-bond acceptors (Lipinski definition) is 6. The third-order valence-corrected chi connectivity index (χ3v) is 4.40. The van der Waals surface area contributed by atoms with Crippen molar-refractivity contribution >= 4 is 22.9 Å². The van der Waals surface area contributed by atoms with Gasteiger partial charge in [0.25, 0.3) is 0 Å². The average Bonchev–Trinajstić information content (AvgIpc) is 2.76. The van der Waals surface area contributed by atoms with Gasteiger partial charge in [0.05, 0.1) is 11.9 Å². The molecule has 4 aromatic rings. The fourth-order valence-corrected chi connectivity index (χ4v) is 2.87. The molecular formula is C21H15F5N6. The van der Waals surface area contributed by atoms with Crippen LogP contribution < -0.4 is 10.6 Å². The van der Waals surface area contributed by atoms with Crippen LogP contribution in [0.2, 0.25) is 0 Å². The molecule has 0 aliphatic heterocycles. The van der Waals surface area contributed by atoms with Gasteiger partial charge < -0.3 is 10.6 Å². The second kappa shape index (κ2) is 8.69. The Morgan fingerprint density at radius 2 is 1.59 bits per heavy atom. The Morgan fingerprint density at radius 3 is 2.31 bits per heavy atom. The predicted octanol–water partition coefficient (Wildman–Crippen LogP) is 4.95. The molecule has 0 fully saturated rings. The van der Waals surface area contributed by atoms with Gasteiger partial charge in [-0.05, 0) is 30.3 Å². The third-order valence-electron chi connectivity index (χ3n) is 4.40. The molecule has 4 rings (SSSR count). The molecule has 0 atom stereocenters. The lowest BCUT2D eigenvalue weighted by Crippen LogP contribution is -2.22. The normalized spacial score (nSPS) is 11.5. The SMILES string of the molecule is Fc1ccc(-c2cnc3nc(NCc4ccccc4F)nc(NCC(F)(F)F)c3n2)cc1. The van der Waals surface area contributed by atoms with Gasteiger partial charge in [-0.15, -0.1) is 0 Å². The molecule has 0 aliphatic rings. The summed E-state index contributed by atoms with van der Waals surface area (Å²) in [7, 11) is 0. The fourth-order valence-electron chi connectivity index (χ4n) is 2.87. The number of nitrogens with one attached hydrogen (secondary N) is 2. The summed E-state index contributed by atoms with van der Waals surface area (Å²) in [6.07, 6.45) is -3.13. The lowest BCUT2D eigenvalue weighted by molar-refractivity contribution is -0.115. The van der Waals surface area contributed by atoms with Crippen LogP contribution in [0.1, 0.15) is 5.56 Å². The molecule has 2 aromatic carbocycles. The summed E-state index contributed by atoms with van der Waals surface area (Å²) < 4.78 is 65.4. The smallest absolute Gasteiger partial charge is 0.359 e. The molecule has 0 radical (unpaired) electrons. The average molecular weight is 446 g/mol. The molecule has 0 unspecified atom stereocenters. The molecule has 0 saturated heterocycles. The summed E-state index contributed by atoms with van der Waals surface area (Å²) in [5.74, 6) is -1.13. The minimum atomic E-state index is -4.50. The second-order valence-electron chi connectivity index (χ2n) is 6.74. The zero-order valence-electron chi connectivity index (χ0n) is 16.3. The van der Waals surface area contributed by atoms with Crippen LogP contribution in [0.15, 0.2) is 54.7 Å². The number of benzene rings is 2. The highest BCUT2D eigenvalue weighted by Gasteiger charge is 2.27. The minimum Gasteiger partial charge on any atom is -0.359 e. The molecule has 32 heavy (non-hydrogen) atoms. The molecule has 0 amide bonds. The number of hydrogen-bond donors (Lipinski definition) is 2. The molecule has 0 spiro atoms. The van der Waals surface area contributed by atoms with Crippen molar-refractivity contribution < 1.29 is 22.0 Å². The lowest BCUT2D eigenvalue weighted by atomic mass is 10.1. The number of aromatic nitrogens is 4. The highest BCUT2D eigenvalue weighted by molar-refractivity contribution is 5.85. The second-order valence-corrected chi connectivity index (χ2v) is 6.74. The van der Waals surface area contributed by atoms with E-state index in [-0.39, 0.29) is 29.5 Å². The van der Waals surface area contributed by atoms with Gasteiger partial charge in [0.2, 0.25) is 5.95 Å². The van der Waals surface area contributed by atoms with Crippen LogP contribution in [-0.2, 0) is 6.54 Å². The van der Waals surface area contributed by atoms with Crippen molar-refractivity contribution in [2.75, 3.05) is 17.2 Å². The molecule has 11 heteroatoms. The van der Waals surface area contributed by atoms with Crippen molar-refractivity contribution in [2.45, 2.75) is 12.7 Å². The van der Waals surface area contributed by atoms with Gasteiger partial charge in [0.1, 0.15) is 18.2 Å². The first-order chi connectivity index (χ1) is 15.3. The molecule has 0 aliphatic carbocycles. The summed E-state index contributed by atoms with van der Waals surface area (Å²) in [6.45, 7) is -1.34. The first-order valence-corrected chi connectivity index (χ1v) is 9.37. The Bertz CT molecular complexity index is 1240. The first kappa shape index (κ1) is 21.3. The van der Waals surface area contributed by atoms with Crippen molar-refractivity contribution in [1.29, 1.82) is 0 Å². The Morgan fingerprint density at radius 1 is 0.844 bits per heavy atom. The number of alkyl halides is 3. The van der Waals surface area contributed by atoms with Crippen LogP contribution >= 0.6 is 0 Å². The Hall–Kier alpha value is -3.89. The topological polar surface area (TPSA) is 75.6 Å². The molecule has 0 saturated carbocycles. The number of rotatable bonds is 6. The Labute approximate surface area is 178 Å². The van der Waals surface area contributed by atoms with Gasteiger partial charge >= 0.3 is 6.18 Å². The third kappa shape index (κ3) is 5.05. The van der Waals surface area contributed by atoms with E-state index >= 15 is 0 Å². The highest BCUT2D eigenvalue weighted by Crippen LogP contribution is 2.25. The molecule has 164 valence electrons. The molecule has 6 nitrogen and oxygen atoms in total. The quantitative estimate of drug-likeness (QED) is 0.408. The van der Waals surface area contributed by atoms with E-state index in [9.17, 15) is 22.0 Å². The first-order valence-electron chi connectivity index (χ1n) is 9.37. The van der Waals surface area contributed by atoms with Crippen molar-refractivity contribution in [2.24, 2.45) is 0 Å². The number of nitrogens with zero attached hydrogens (tertiary/aromatic N) is 4. The molecule has 2 aromatic heterocycles. The number of anilines is 2. The van der Waals surface area contributed by atoms with Gasteiger partial charge in [0, 0.05) is 17.7 Å². The summed E-state index contributed by atoms with van der Waals surface area (Å²) in [4.78, 5) is 16.8. The van der Waals surface area contributed by atoms with Gasteiger partial charge in [0.15, 0.2) is 17.0 Å². The van der Waals surface area contributed by atoms with Crippen LogP contribution in [0.5, 0.6) is 0 Å². The van der Waals surface area contributed by atoms with E-state index < -0.39 is 24.4 Å². The summed E-state index contributed by atoms with van der Waals surface area (Å²) in [5.41, 5.74) is 1.20.